The topological polar surface area (TPSA) is 43.4 Å². The first-order chi connectivity index (χ1) is 10.4. The second-order valence-corrected chi connectivity index (χ2v) is 10.5. The molecule has 1 aromatic carbocycles. The minimum Gasteiger partial charge on any atom is -0.381 e. The van der Waals surface area contributed by atoms with Crippen LogP contribution in [0, 0.1) is 10.8 Å². The Morgan fingerprint density at radius 3 is 2.13 bits per heavy atom. The molecular formula is C18H29ClO3S. The van der Waals surface area contributed by atoms with Crippen molar-refractivity contribution in [1.29, 1.82) is 0 Å². The summed E-state index contributed by atoms with van der Waals surface area (Å²) in [7, 11) is -3.30. The van der Waals surface area contributed by atoms with Gasteiger partial charge in [-0.15, -0.1) is 0 Å². The number of ether oxygens (including phenoxy) is 1. The molecule has 0 aliphatic carbocycles. The molecule has 0 aliphatic rings. The van der Waals surface area contributed by atoms with Gasteiger partial charge >= 0.3 is 0 Å². The molecule has 0 aromatic heterocycles. The summed E-state index contributed by atoms with van der Waals surface area (Å²) in [4.78, 5) is 0.332. The van der Waals surface area contributed by atoms with Gasteiger partial charge in [-0.1, -0.05) is 46.2 Å². The van der Waals surface area contributed by atoms with Gasteiger partial charge in [0.2, 0.25) is 0 Å². The molecular weight excluding hydrogens is 332 g/mol. The van der Waals surface area contributed by atoms with Crippen LogP contribution in [-0.2, 0) is 14.6 Å². The first-order valence-corrected chi connectivity index (χ1v) is 10.0. The highest BCUT2D eigenvalue weighted by Crippen LogP contribution is 2.28. The van der Waals surface area contributed by atoms with Gasteiger partial charge in [-0.3, -0.25) is 0 Å². The van der Waals surface area contributed by atoms with Gasteiger partial charge in [-0.05, 0) is 47.9 Å². The Labute approximate surface area is 146 Å². The summed E-state index contributed by atoms with van der Waals surface area (Å²) in [6, 6.07) is 6.37. The van der Waals surface area contributed by atoms with Crippen LogP contribution in [0.15, 0.2) is 29.2 Å². The Balaban J connectivity index is 2.52. The van der Waals surface area contributed by atoms with Crippen LogP contribution < -0.4 is 0 Å². The highest BCUT2D eigenvalue weighted by molar-refractivity contribution is 7.91. The summed E-state index contributed by atoms with van der Waals surface area (Å²) in [5, 5.41) is 0.541. The van der Waals surface area contributed by atoms with Gasteiger partial charge in [0.25, 0.3) is 0 Å². The average Bonchev–Trinajstić information content (AvgIpc) is 2.36. The molecule has 0 heterocycles. The van der Waals surface area contributed by atoms with Crippen LogP contribution in [0.4, 0.5) is 0 Å². The van der Waals surface area contributed by atoms with Crippen molar-refractivity contribution < 1.29 is 13.2 Å². The fourth-order valence-electron chi connectivity index (χ4n) is 2.34. The lowest BCUT2D eigenvalue weighted by Gasteiger charge is -2.25. The Morgan fingerprint density at radius 1 is 1.04 bits per heavy atom. The summed E-state index contributed by atoms with van der Waals surface area (Å²) >= 11 is 5.82. The molecule has 5 heteroatoms. The Morgan fingerprint density at radius 2 is 1.61 bits per heavy atom. The Kier molecular flexibility index (Phi) is 7.12. The molecule has 0 fully saturated rings. The third-order valence-corrected chi connectivity index (χ3v) is 5.83. The molecule has 3 nitrogen and oxygen atoms in total. The molecule has 0 amide bonds. The van der Waals surface area contributed by atoms with E-state index in [0.717, 1.165) is 19.4 Å². The van der Waals surface area contributed by atoms with E-state index in [1.165, 1.54) is 0 Å². The molecule has 0 unspecified atom stereocenters. The molecule has 0 aliphatic heterocycles. The molecule has 0 saturated heterocycles. The zero-order valence-corrected chi connectivity index (χ0v) is 16.4. The Hall–Kier alpha value is -0.580. The number of hydrogen-bond acceptors (Lipinski definition) is 3. The van der Waals surface area contributed by atoms with Gasteiger partial charge in [0.1, 0.15) is 0 Å². The average molecular weight is 361 g/mol. The van der Waals surface area contributed by atoms with Crippen LogP contribution in [0.25, 0.3) is 0 Å². The first kappa shape index (κ1) is 20.5. The van der Waals surface area contributed by atoms with Crippen LogP contribution in [0.2, 0.25) is 5.02 Å². The van der Waals surface area contributed by atoms with E-state index in [1.54, 1.807) is 24.3 Å². The number of hydrogen-bond donors (Lipinski definition) is 0. The van der Waals surface area contributed by atoms with Crippen molar-refractivity contribution >= 4 is 21.4 Å². The lowest BCUT2D eigenvalue weighted by Crippen LogP contribution is -2.25. The number of sulfone groups is 1. The maximum Gasteiger partial charge on any atom is 0.178 e. The second-order valence-electron chi connectivity index (χ2n) is 8.09. The molecule has 0 atom stereocenters. The van der Waals surface area contributed by atoms with Crippen molar-refractivity contribution in [2.75, 3.05) is 19.0 Å². The molecule has 23 heavy (non-hydrogen) atoms. The van der Waals surface area contributed by atoms with E-state index in [-0.39, 0.29) is 16.6 Å². The fourth-order valence-corrected chi connectivity index (χ4v) is 4.36. The number of halogens is 1. The smallest absolute Gasteiger partial charge is 0.178 e. The molecule has 0 N–H and O–H groups in total. The van der Waals surface area contributed by atoms with E-state index < -0.39 is 9.84 Å². The lowest BCUT2D eigenvalue weighted by atomic mass is 9.90. The standard InChI is InChI=1S/C18H29ClO3S/c1-17(2,3)13-22-12-6-11-18(4,5)14-23(20,21)16-9-7-15(19)8-10-16/h7-10H,6,11-14H2,1-5H3. The zero-order chi connectivity index (χ0) is 17.7. The minimum atomic E-state index is -3.30. The van der Waals surface area contributed by atoms with Gasteiger partial charge in [0.15, 0.2) is 9.84 Å². The molecule has 1 rings (SSSR count). The number of benzene rings is 1. The maximum atomic E-state index is 12.5. The molecule has 0 saturated carbocycles. The predicted molar refractivity (Wildman–Crippen MR) is 96.8 cm³/mol. The van der Waals surface area contributed by atoms with Crippen molar-refractivity contribution in [2.45, 2.75) is 52.4 Å². The minimum absolute atomic E-state index is 0.126. The van der Waals surface area contributed by atoms with Crippen LogP contribution >= 0.6 is 11.6 Å². The van der Waals surface area contributed by atoms with Gasteiger partial charge in [0, 0.05) is 11.6 Å². The third-order valence-electron chi connectivity index (χ3n) is 3.43. The quantitative estimate of drug-likeness (QED) is 0.614. The highest BCUT2D eigenvalue weighted by Gasteiger charge is 2.27. The lowest BCUT2D eigenvalue weighted by molar-refractivity contribution is 0.0649. The summed E-state index contributed by atoms with van der Waals surface area (Å²) in [6.07, 6.45) is 1.67. The highest BCUT2D eigenvalue weighted by atomic mass is 35.5. The van der Waals surface area contributed by atoms with Crippen LogP contribution in [0.3, 0.4) is 0 Å². The van der Waals surface area contributed by atoms with E-state index in [1.807, 2.05) is 13.8 Å². The fraction of sp³-hybridized carbons (Fsp3) is 0.667. The van der Waals surface area contributed by atoms with Crippen LogP contribution in [0.1, 0.15) is 47.5 Å². The monoisotopic (exact) mass is 360 g/mol. The van der Waals surface area contributed by atoms with Crippen LogP contribution in [0.5, 0.6) is 0 Å². The molecule has 0 bridgehead atoms. The molecule has 0 radical (unpaired) electrons. The van der Waals surface area contributed by atoms with Crippen molar-refractivity contribution in [3.8, 4) is 0 Å². The van der Waals surface area contributed by atoms with Crippen molar-refractivity contribution in [2.24, 2.45) is 10.8 Å². The summed E-state index contributed by atoms with van der Waals surface area (Å²) in [6.45, 7) is 11.8. The summed E-state index contributed by atoms with van der Waals surface area (Å²) in [5.74, 6) is 0.126. The summed E-state index contributed by atoms with van der Waals surface area (Å²) in [5.41, 5.74) is -0.128. The van der Waals surface area contributed by atoms with Crippen molar-refractivity contribution in [3.05, 3.63) is 29.3 Å². The SMILES string of the molecule is CC(C)(C)COCCCC(C)(C)CS(=O)(=O)c1ccc(Cl)cc1. The largest absolute Gasteiger partial charge is 0.381 e. The number of rotatable bonds is 8. The van der Waals surface area contributed by atoms with Crippen molar-refractivity contribution in [3.63, 3.8) is 0 Å². The van der Waals surface area contributed by atoms with E-state index >= 15 is 0 Å². The predicted octanol–water partition coefficient (Wildman–Crippen LogP) is 4.98. The zero-order valence-electron chi connectivity index (χ0n) is 14.9. The van der Waals surface area contributed by atoms with Crippen molar-refractivity contribution in [1.82, 2.24) is 0 Å². The Bertz CT molecular complexity index is 584. The van der Waals surface area contributed by atoms with Gasteiger partial charge in [-0.25, -0.2) is 8.42 Å². The third kappa shape index (κ3) is 8.18. The van der Waals surface area contributed by atoms with E-state index in [4.69, 9.17) is 16.3 Å². The molecule has 0 spiro atoms. The van der Waals surface area contributed by atoms with Gasteiger partial charge in [0.05, 0.1) is 17.3 Å². The van der Waals surface area contributed by atoms with E-state index in [2.05, 4.69) is 20.8 Å². The van der Waals surface area contributed by atoms with E-state index in [0.29, 0.717) is 16.5 Å². The second kappa shape index (κ2) is 8.00. The summed E-state index contributed by atoms with van der Waals surface area (Å²) < 4.78 is 30.7. The van der Waals surface area contributed by atoms with Crippen LogP contribution in [-0.4, -0.2) is 27.4 Å². The molecule has 1 aromatic rings. The van der Waals surface area contributed by atoms with Gasteiger partial charge < -0.3 is 4.74 Å². The van der Waals surface area contributed by atoms with Gasteiger partial charge in [-0.2, -0.15) is 0 Å². The first-order valence-electron chi connectivity index (χ1n) is 7.97. The normalized spacial score (nSPS) is 13.3. The van der Waals surface area contributed by atoms with E-state index in [9.17, 15) is 8.42 Å². The molecule has 132 valence electrons. The maximum absolute atomic E-state index is 12.5.